The minimum Gasteiger partial charge on any atom is -0.466 e. The van der Waals surface area contributed by atoms with Crippen LogP contribution in [0.1, 0.15) is 24.6 Å². The molecular formula is C10H11BrF2N2O2. The van der Waals surface area contributed by atoms with E-state index in [2.05, 4.69) is 20.9 Å². The Kier molecular flexibility index (Phi) is 4.80. The summed E-state index contributed by atoms with van der Waals surface area (Å²) in [4.78, 5) is 14.9. The van der Waals surface area contributed by atoms with Crippen LogP contribution in [0.15, 0.2) is 10.7 Å². The number of alkyl halides is 2. The normalized spacial score (nSPS) is 10.6. The molecule has 0 aliphatic heterocycles. The highest BCUT2D eigenvalue weighted by atomic mass is 79.9. The number of carbonyl (C=O) groups is 1. The molecule has 0 aliphatic carbocycles. The molecule has 0 bridgehead atoms. The number of carbonyl (C=O) groups excluding carboxylic acids is 1. The topological polar surface area (TPSA) is 65.2 Å². The number of aromatic nitrogens is 1. The minimum atomic E-state index is -2.70. The zero-order valence-corrected chi connectivity index (χ0v) is 10.6. The van der Waals surface area contributed by atoms with E-state index < -0.39 is 18.1 Å². The number of nitrogens with zero attached hydrogens (tertiary/aromatic N) is 1. The quantitative estimate of drug-likeness (QED) is 0.685. The maximum absolute atomic E-state index is 12.4. The van der Waals surface area contributed by atoms with Crippen LogP contribution < -0.4 is 5.73 Å². The molecule has 4 nitrogen and oxygen atoms in total. The third-order valence-electron chi connectivity index (χ3n) is 1.98. The van der Waals surface area contributed by atoms with Gasteiger partial charge in [0.1, 0.15) is 10.3 Å². The number of hydrogen-bond donors (Lipinski definition) is 1. The van der Waals surface area contributed by atoms with Gasteiger partial charge < -0.3 is 10.5 Å². The second kappa shape index (κ2) is 5.90. The molecule has 1 aromatic heterocycles. The van der Waals surface area contributed by atoms with E-state index in [9.17, 15) is 13.6 Å². The number of pyridine rings is 1. The van der Waals surface area contributed by atoms with Crippen LogP contribution in [0, 0.1) is 0 Å². The van der Waals surface area contributed by atoms with Crippen molar-refractivity contribution < 1.29 is 18.3 Å². The van der Waals surface area contributed by atoms with E-state index in [0.717, 1.165) is 6.07 Å². The first-order chi connectivity index (χ1) is 7.95. The fourth-order valence-corrected chi connectivity index (χ4v) is 1.80. The van der Waals surface area contributed by atoms with Gasteiger partial charge in [0.15, 0.2) is 0 Å². The average Bonchev–Trinajstić information content (AvgIpc) is 2.23. The number of ether oxygens (including phenoxy) is 1. The summed E-state index contributed by atoms with van der Waals surface area (Å²) in [6.45, 7) is 1.92. The molecule has 2 N–H and O–H groups in total. The van der Waals surface area contributed by atoms with Gasteiger partial charge in [-0.1, -0.05) is 0 Å². The van der Waals surface area contributed by atoms with E-state index in [-0.39, 0.29) is 23.3 Å². The Morgan fingerprint density at radius 1 is 1.65 bits per heavy atom. The molecule has 1 aromatic rings. The Balaban J connectivity index is 2.97. The second-order valence-electron chi connectivity index (χ2n) is 3.19. The van der Waals surface area contributed by atoms with E-state index in [4.69, 9.17) is 10.5 Å². The molecule has 0 unspecified atom stereocenters. The van der Waals surface area contributed by atoms with Crippen molar-refractivity contribution in [1.29, 1.82) is 0 Å². The monoisotopic (exact) mass is 308 g/mol. The van der Waals surface area contributed by atoms with Crippen LogP contribution >= 0.6 is 15.9 Å². The van der Waals surface area contributed by atoms with Gasteiger partial charge in [-0.3, -0.25) is 4.79 Å². The molecule has 0 saturated heterocycles. The minimum absolute atomic E-state index is 0.0928. The molecular weight excluding hydrogens is 298 g/mol. The molecule has 0 saturated carbocycles. The lowest BCUT2D eigenvalue weighted by Crippen LogP contribution is -2.11. The van der Waals surface area contributed by atoms with E-state index in [1.54, 1.807) is 6.92 Å². The Bertz CT molecular complexity index is 404. The van der Waals surface area contributed by atoms with E-state index >= 15 is 0 Å². The summed E-state index contributed by atoms with van der Waals surface area (Å²) in [7, 11) is 0. The maximum Gasteiger partial charge on any atom is 0.310 e. The molecule has 0 fully saturated rings. The van der Waals surface area contributed by atoms with Crippen LogP contribution in [0.3, 0.4) is 0 Å². The largest absolute Gasteiger partial charge is 0.466 e. The van der Waals surface area contributed by atoms with E-state index in [0.29, 0.717) is 5.56 Å². The van der Waals surface area contributed by atoms with Gasteiger partial charge in [0.2, 0.25) is 0 Å². The average molecular weight is 309 g/mol. The number of hydrogen-bond acceptors (Lipinski definition) is 4. The number of rotatable bonds is 4. The summed E-state index contributed by atoms with van der Waals surface area (Å²) < 4.78 is 29.7. The van der Waals surface area contributed by atoms with Crippen molar-refractivity contribution in [3.8, 4) is 0 Å². The fourth-order valence-electron chi connectivity index (χ4n) is 1.22. The number of nitrogens with two attached hydrogens (primary N) is 1. The molecule has 17 heavy (non-hydrogen) atoms. The molecule has 1 rings (SSSR count). The third-order valence-corrected chi connectivity index (χ3v) is 2.63. The molecule has 0 aromatic carbocycles. The van der Waals surface area contributed by atoms with Crippen molar-refractivity contribution in [2.24, 2.45) is 0 Å². The van der Waals surface area contributed by atoms with Crippen LogP contribution in [-0.2, 0) is 16.0 Å². The lowest BCUT2D eigenvalue weighted by atomic mass is 10.1. The zero-order valence-electron chi connectivity index (χ0n) is 9.04. The third kappa shape index (κ3) is 3.62. The van der Waals surface area contributed by atoms with Crippen molar-refractivity contribution >= 4 is 27.6 Å². The molecule has 0 aliphatic rings. The highest BCUT2D eigenvalue weighted by Crippen LogP contribution is 2.27. The molecule has 7 heteroatoms. The summed E-state index contributed by atoms with van der Waals surface area (Å²) in [6.07, 6.45) is -2.80. The van der Waals surface area contributed by atoms with Gasteiger partial charge >= 0.3 is 5.97 Å². The van der Waals surface area contributed by atoms with E-state index in [1.165, 1.54) is 0 Å². The summed E-state index contributed by atoms with van der Waals surface area (Å²) in [6, 6.07) is 1.06. The van der Waals surface area contributed by atoms with Gasteiger partial charge in [-0.2, -0.15) is 0 Å². The SMILES string of the molecule is CCOC(=O)Cc1c(N)cc(C(F)F)nc1Br. The van der Waals surface area contributed by atoms with Crippen LogP contribution in [0.25, 0.3) is 0 Å². The second-order valence-corrected chi connectivity index (χ2v) is 3.94. The summed E-state index contributed by atoms with van der Waals surface area (Å²) in [5, 5.41) is 0. The zero-order chi connectivity index (χ0) is 13.0. The highest BCUT2D eigenvalue weighted by Gasteiger charge is 2.17. The van der Waals surface area contributed by atoms with E-state index in [1.807, 2.05) is 0 Å². The van der Waals surface area contributed by atoms with Crippen molar-refractivity contribution in [2.75, 3.05) is 12.3 Å². The van der Waals surface area contributed by atoms with Crippen LogP contribution in [-0.4, -0.2) is 17.6 Å². The lowest BCUT2D eigenvalue weighted by molar-refractivity contribution is -0.142. The van der Waals surface area contributed by atoms with Crippen LogP contribution in [0.4, 0.5) is 14.5 Å². The summed E-state index contributed by atoms with van der Waals surface area (Å²) >= 11 is 3.01. The van der Waals surface area contributed by atoms with Gasteiger partial charge in [0.25, 0.3) is 6.43 Å². The van der Waals surface area contributed by atoms with Crippen molar-refractivity contribution in [1.82, 2.24) is 4.98 Å². The Labute approximate surface area is 105 Å². The molecule has 0 spiro atoms. The molecule has 1 heterocycles. The Hall–Kier alpha value is -1.24. The first-order valence-corrected chi connectivity index (χ1v) is 5.63. The van der Waals surface area contributed by atoms with Crippen molar-refractivity contribution in [3.05, 3.63) is 21.9 Å². The molecule has 0 radical (unpaired) electrons. The van der Waals surface area contributed by atoms with Gasteiger partial charge in [0, 0.05) is 11.3 Å². The summed E-state index contributed by atoms with van der Waals surface area (Å²) in [5.41, 5.74) is 5.61. The highest BCUT2D eigenvalue weighted by molar-refractivity contribution is 9.10. The first-order valence-electron chi connectivity index (χ1n) is 4.84. The van der Waals surface area contributed by atoms with Crippen LogP contribution in [0.2, 0.25) is 0 Å². The van der Waals surface area contributed by atoms with Crippen molar-refractivity contribution in [2.45, 2.75) is 19.8 Å². The predicted molar refractivity (Wildman–Crippen MR) is 61.6 cm³/mol. The number of esters is 1. The molecule has 94 valence electrons. The Morgan fingerprint density at radius 2 is 2.29 bits per heavy atom. The predicted octanol–water partition coefficient (Wildman–Crippen LogP) is 2.47. The van der Waals surface area contributed by atoms with Gasteiger partial charge in [-0.25, -0.2) is 13.8 Å². The maximum atomic E-state index is 12.4. The number of nitrogen functional groups attached to an aromatic ring is 1. The van der Waals surface area contributed by atoms with Gasteiger partial charge in [-0.15, -0.1) is 0 Å². The lowest BCUT2D eigenvalue weighted by Gasteiger charge is -2.09. The Morgan fingerprint density at radius 3 is 2.76 bits per heavy atom. The van der Waals surface area contributed by atoms with Crippen molar-refractivity contribution in [3.63, 3.8) is 0 Å². The van der Waals surface area contributed by atoms with Gasteiger partial charge in [-0.05, 0) is 28.9 Å². The summed E-state index contributed by atoms with van der Waals surface area (Å²) in [5.74, 6) is -0.480. The number of anilines is 1. The standard InChI is InChI=1S/C10H11BrF2N2O2/c1-2-17-8(16)3-5-6(14)4-7(10(12)13)15-9(5)11/h4,10H,2-3H2,1H3,(H2,14,15). The van der Waals surface area contributed by atoms with Gasteiger partial charge in [0.05, 0.1) is 13.0 Å². The molecule has 0 atom stereocenters. The smallest absolute Gasteiger partial charge is 0.310 e. The van der Waals surface area contributed by atoms with Crippen LogP contribution in [0.5, 0.6) is 0 Å². The number of halogens is 3. The first kappa shape index (κ1) is 13.8. The fraction of sp³-hybridized carbons (Fsp3) is 0.400. The molecule has 0 amide bonds.